The third kappa shape index (κ3) is 19.0. The van der Waals surface area contributed by atoms with E-state index in [2.05, 4.69) is 63.6 Å². The van der Waals surface area contributed by atoms with Gasteiger partial charge >= 0.3 is 5.97 Å². The van der Waals surface area contributed by atoms with Crippen molar-refractivity contribution >= 4 is 79.3 Å². The second kappa shape index (κ2) is 33.0. The number of aryl methyl sites for hydroxylation is 1. The van der Waals surface area contributed by atoms with Gasteiger partial charge in [-0.2, -0.15) is 10.2 Å². The number of carboxylic acids is 1. The van der Waals surface area contributed by atoms with Gasteiger partial charge in [-0.3, -0.25) is 23.9 Å². The summed E-state index contributed by atoms with van der Waals surface area (Å²) in [6.07, 6.45) is 17.4. The smallest absolute Gasteiger partial charge is 0.355 e. The molecule has 1 saturated heterocycles. The number of aliphatic hydroxyl groups is 1. The maximum atomic E-state index is 14.3. The van der Waals surface area contributed by atoms with Crippen LogP contribution in [0.1, 0.15) is 198 Å². The van der Waals surface area contributed by atoms with Crippen LogP contribution in [0.25, 0.3) is 31.8 Å². The van der Waals surface area contributed by atoms with Crippen LogP contribution < -0.4 is 26.7 Å². The van der Waals surface area contributed by atoms with E-state index in [4.69, 9.17) is 25.6 Å². The lowest BCUT2D eigenvalue weighted by atomic mass is 9.39. The van der Waals surface area contributed by atoms with Crippen LogP contribution in [-0.4, -0.2) is 169 Å². The molecule has 5 heterocycles. The Morgan fingerprint density at radius 1 is 0.833 bits per heavy atom. The van der Waals surface area contributed by atoms with E-state index in [0.29, 0.717) is 69.1 Å². The van der Waals surface area contributed by atoms with E-state index < -0.39 is 29.6 Å². The topological polar surface area (TPSA) is 279 Å². The number of amidine groups is 1. The zero-order chi connectivity index (χ0) is 73.3. The molecule has 4 amide bonds. The number of anilines is 2. The van der Waals surface area contributed by atoms with Crippen LogP contribution in [0.3, 0.4) is 0 Å². The Bertz CT molecular complexity index is 3930. The van der Waals surface area contributed by atoms with E-state index >= 15 is 0 Å². The molecule has 4 aliphatic carbocycles. The predicted molar refractivity (Wildman–Crippen MR) is 406 cm³/mol. The monoisotopic (exact) mass is 1430 g/mol. The van der Waals surface area contributed by atoms with E-state index in [1.54, 1.807) is 33.8 Å². The molecule has 2 aromatic carbocycles. The van der Waals surface area contributed by atoms with Crippen LogP contribution in [-0.2, 0) is 30.5 Å². The first-order chi connectivity index (χ1) is 48.5. The van der Waals surface area contributed by atoms with Crippen LogP contribution in [0.5, 0.6) is 0 Å². The number of ether oxygens (including phenoxy) is 1. The summed E-state index contributed by atoms with van der Waals surface area (Å²) in [4.78, 5) is 90.8. The standard InChI is InChI=1S/C78H110N14O8S2/c1-51(40-80-73-84-60-24-20-21-25-62(60)102-73)38-64(87-79)90(63-33-32-58(67(85-63)72(98)99)59-41-82-92(54(59)4)49-77-44-75(8)43-76(9,45-77)47-78(46-75,48-77)100-37-36-88(10)11)35-23-22-34-89(12)66(95)27-19-17-15-13-14-16-18-26-65(94)86-69(74(5,6)7)71(97)91-42-57(93)39-61(91)70(96)83-52(2)55-28-30-56(31-29-55)68-53(3)81-50-101-68/h20-21,24-25,28-33,38,41,50,52,57,61,69,93H,13-19,22-23,26-27,34-37,39-40,42-49,79H2,1-12H3,(H,80,84)(H,83,96)(H,86,94)(H,98,99)/b51-38-,87-64+/t52-,57+,61-,69+,75?,76?,77?,78?/m0/s1. The lowest BCUT2D eigenvalue weighted by Gasteiger charge is -2.69. The molecule has 22 nitrogen and oxygen atoms in total. The van der Waals surface area contributed by atoms with E-state index in [-0.39, 0.29) is 76.6 Å². The predicted octanol–water partition coefficient (Wildman–Crippen LogP) is 12.9. The fourth-order valence-electron chi connectivity index (χ4n) is 17.4. The number of hydrogen-bond acceptors (Lipinski definition) is 17. The summed E-state index contributed by atoms with van der Waals surface area (Å²) in [5, 5.41) is 41.3. The molecule has 6 aromatic rings. The van der Waals surface area contributed by atoms with Gasteiger partial charge in [0.1, 0.15) is 17.9 Å². The first-order valence-corrected chi connectivity index (χ1v) is 38.4. The molecule has 24 heteroatoms. The molecule has 6 atom stereocenters. The number of pyridine rings is 1. The van der Waals surface area contributed by atoms with Gasteiger partial charge in [-0.25, -0.2) is 19.7 Å². The second-order valence-electron chi connectivity index (χ2n) is 32.0. The molecule has 5 aliphatic rings. The van der Waals surface area contributed by atoms with Gasteiger partial charge < -0.3 is 56.3 Å². The zero-order valence-corrected chi connectivity index (χ0v) is 63.8. The van der Waals surface area contributed by atoms with E-state index in [0.717, 1.165) is 138 Å². The van der Waals surface area contributed by atoms with Gasteiger partial charge in [0.2, 0.25) is 23.6 Å². The molecule has 11 rings (SSSR count). The van der Waals surface area contributed by atoms with Gasteiger partial charge in [0.25, 0.3) is 0 Å². The molecule has 1 aliphatic heterocycles. The average Bonchev–Trinajstić information content (AvgIpc) is 1.14. The molecule has 102 heavy (non-hydrogen) atoms. The molecular formula is C78H110N14O8S2. The lowest BCUT2D eigenvalue weighted by molar-refractivity contribution is -0.248. The number of likely N-dealkylation sites (tertiary alicyclic amines) is 1. The fourth-order valence-corrected chi connectivity index (χ4v) is 19.0. The number of aromatic nitrogens is 5. The second-order valence-corrected chi connectivity index (χ2v) is 33.9. The number of carbonyl (C=O) groups excluding carboxylic acids is 4. The third-order valence-corrected chi connectivity index (χ3v) is 23.3. The highest BCUT2D eigenvalue weighted by Crippen LogP contribution is 2.72. The number of para-hydroxylation sites is 1. The fraction of sp³-hybridized carbons (Fsp3) is 0.590. The highest BCUT2D eigenvalue weighted by Gasteiger charge is 2.66. The Kier molecular flexibility index (Phi) is 24.9. The number of fused-ring (bicyclic) bond motifs is 1. The Balaban J connectivity index is 0.690. The van der Waals surface area contributed by atoms with Crippen molar-refractivity contribution in [2.24, 2.45) is 32.6 Å². The van der Waals surface area contributed by atoms with Crippen molar-refractivity contribution in [2.45, 2.75) is 214 Å². The molecule has 552 valence electrons. The number of likely N-dealkylation sites (N-methyl/N-ethyl adjacent to an activating group) is 1. The molecular weight excluding hydrogens is 1330 g/mol. The number of aromatic carboxylic acids is 1. The molecule has 4 aromatic heterocycles. The number of nitrogens with zero attached hydrogens (tertiary/aromatic N) is 10. The lowest BCUT2D eigenvalue weighted by Crippen LogP contribution is -2.64. The molecule has 4 saturated carbocycles. The number of amides is 4. The number of carbonyl (C=O) groups is 5. The Labute approximate surface area is 610 Å². The Morgan fingerprint density at radius 2 is 1.52 bits per heavy atom. The van der Waals surface area contributed by atoms with E-state index in [1.807, 2.05) is 133 Å². The number of rotatable bonds is 34. The molecule has 0 spiro atoms. The van der Waals surface area contributed by atoms with Crippen molar-refractivity contribution in [2.75, 3.05) is 70.7 Å². The SMILES string of the molecule is C/C(=C/C(=N\N)N(CCCCN(C)C(=O)CCCCCCCCCC(=O)N[C@H](C(=O)N1C[C@H](O)C[C@H]1C(=O)N[C@@H](C)c1ccc(-c2scnc2C)cc1)C(C)(C)C)c1ccc(-c2cnn(CC34CC5(C)CC(C)(C3)CC(OCCN(C)C)(C5)C4)c2C)c(C(=O)O)n1)CNc1nc2ccccc2s1. The average molecular weight is 1440 g/mol. The van der Waals surface area contributed by atoms with Crippen molar-refractivity contribution in [3.05, 3.63) is 107 Å². The first-order valence-electron chi connectivity index (χ1n) is 36.7. The molecule has 4 bridgehead atoms. The van der Waals surface area contributed by atoms with Crippen LogP contribution in [0.4, 0.5) is 10.9 Å². The maximum absolute atomic E-state index is 14.3. The van der Waals surface area contributed by atoms with Gasteiger partial charge in [0.15, 0.2) is 16.7 Å². The highest BCUT2D eigenvalue weighted by molar-refractivity contribution is 7.22. The number of nitrogens with one attached hydrogen (secondary N) is 3. The number of unbranched alkanes of at least 4 members (excludes halogenated alkanes) is 7. The largest absolute Gasteiger partial charge is 0.476 e. The van der Waals surface area contributed by atoms with Crippen molar-refractivity contribution in [1.29, 1.82) is 0 Å². The van der Waals surface area contributed by atoms with Crippen LogP contribution >= 0.6 is 22.7 Å². The van der Waals surface area contributed by atoms with Gasteiger partial charge in [-0.1, -0.05) is 120 Å². The Hall–Kier alpha value is -7.64. The molecule has 2 unspecified atom stereocenters. The summed E-state index contributed by atoms with van der Waals surface area (Å²) < 4.78 is 10.1. The minimum Gasteiger partial charge on any atom is -0.476 e. The summed E-state index contributed by atoms with van der Waals surface area (Å²) in [6, 6.07) is 17.5. The minimum absolute atomic E-state index is 0.00137. The number of β-amino-alcohol motifs (C(OH)–C–C–N with tert-alkyl or cyclic N) is 1. The van der Waals surface area contributed by atoms with E-state index in [9.17, 15) is 34.2 Å². The number of aliphatic hydroxyl groups excluding tert-OH is 1. The summed E-state index contributed by atoms with van der Waals surface area (Å²) in [5.74, 6) is 4.97. The van der Waals surface area contributed by atoms with Crippen molar-refractivity contribution < 1.29 is 38.9 Å². The number of hydrazone groups is 1. The van der Waals surface area contributed by atoms with Crippen LogP contribution in [0, 0.1) is 35.5 Å². The van der Waals surface area contributed by atoms with Gasteiger partial charge in [-0.05, 0) is 169 Å². The quantitative estimate of drug-likeness (QED) is 0.00720. The number of hydrogen-bond donors (Lipinski definition) is 6. The molecule has 5 fully saturated rings. The van der Waals surface area contributed by atoms with Crippen molar-refractivity contribution in [3.8, 4) is 21.6 Å². The highest BCUT2D eigenvalue weighted by atomic mass is 32.1. The number of carboxylic acid groups (broad SMARTS) is 1. The van der Waals surface area contributed by atoms with Crippen molar-refractivity contribution in [3.63, 3.8) is 0 Å². The zero-order valence-electron chi connectivity index (χ0n) is 62.2. The summed E-state index contributed by atoms with van der Waals surface area (Å²) >= 11 is 3.15. The van der Waals surface area contributed by atoms with Gasteiger partial charge in [-0.15, -0.1) is 11.3 Å². The normalized spacial score (nSPS) is 22.5. The third-order valence-electron chi connectivity index (χ3n) is 21.3. The number of nitrogens with two attached hydrogens (primary N) is 1. The van der Waals surface area contributed by atoms with E-state index in [1.165, 1.54) is 11.3 Å². The summed E-state index contributed by atoms with van der Waals surface area (Å²) in [5.41, 5.74) is 8.08. The first kappa shape index (κ1) is 77.0. The van der Waals surface area contributed by atoms with Gasteiger partial charge in [0.05, 0.1) is 56.8 Å². The van der Waals surface area contributed by atoms with Crippen LogP contribution in [0.15, 0.2) is 89.1 Å². The molecule has 0 radical (unpaired) electrons. The summed E-state index contributed by atoms with van der Waals surface area (Å²) in [6.45, 7) is 22.1. The maximum Gasteiger partial charge on any atom is 0.355 e. The number of thiazole rings is 2. The number of benzene rings is 2. The molecule has 7 N–H and O–H groups in total. The van der Waals surface area contributed by atoms with Gasteiger partial charge in [0, 0.05) is 82.4 Å². The minimum atomic E-state index is -1.16. The Morgan fingerprint density at radius 3 is 2.18 bits per heavy atom. The van der Waals surface area contributed by atoms with Crippen molar-refractivity contribution in [1.82, 2.24) is 50.1 Å². The van der Waals surface area contributed by atoms with Crippen LogP contribution in [0.2, 0.25) is 0 Å². The summed E-state index contributed by atoms with van der Waals surface area (Å²) in [7, 11) is 6.01.